The van der Waals surface area contributed by atoms with Gasteiger partial charge >= 0.3 is 0 Å². The molecule has 16 heavy (non-hydrogen) atoms. The summed E-state index contributed by atoms with van der Waals surface area (Å²) in [6, 6.07) is 10.4. The minimum atomic E-state index is -0.344. The fourth-order valence-electron chi connectivity index (χ4n) is 2.55. The Morgan fingerprint density at radius 2 is 2.06 bits per heavy atom. The Balaban J connectivity index is 2.25. The van der Waals surface area contributed by atoms with Crippen LogP contribution in [0.4, 0.5) is 0 Å². The van der Waals surface area contributed by atoms with E-state index in [-0.39, 0.29) is 5.41 Å². The van der Waals surface area contributed by atoms with Gasteiger partial charge in [-0.25, -0.2) is 0 Å². The molecule has 1 saturated carbocycles. The fourth-order valence-corrected chi connectivity index (χ4v) is 2.55. The highest BCUT2D eigenvalue weighted by Gasteiger charge is 2.43. The molecule has 80 valence electrons. The minimum absolute atomic E-state index is 0.344. The summed E-state index contributed by atoms with van der Waals surface area (Å²) < 4.78 is 5.87. The maximum atomic E-state index is 9.33. The highest BCUT2D eigenvalue weighted by atomic mass is 16.3. The standard InChI is InChI=1S/C14H13NO/c1-10-11-5-2-3-6-12(11)16-13(10)14(9-15)7-4-8-14/h2-3,5-6H,4,7-8H2,1H3. The van der Waals surface area contributed by atoms with Gasteiger partial charge in [-0.2, -0.15) is 5.26 Å². The lowest BCUT2D eigenvalue weighted by molar-refractivity contribution is 0.272. The number of hydrogen-bond acceptors (Lipinski definition) is 2. The Labute approximate surface area is 94.5 Å². The molecule has 0 N–H and O–H groups in total. The Kier molecular flexibility index (Phi) is 1.85. The van der Waals surface area contributed by atoms with E-state index in [1.165, 1.54) is 0 Å². The number of rotatable bonds is 1. The average Bonchev–Trinajstić information content (AvgIpc) is 2.57. The molecule has 0 amide bonds. The molecule has 2 heteroatoms. The zero-order chi connectivity index (χ0) is 11.2. The first-order valence-electron chi connectivity index (χ1n) is 5.67. The molecule has 1 heterocycles. The van der Waals surface area contributed by atoms with Gasteiger partial charge in [0.2, 0.25) is 0 Å². The van der Waals surface area contributed by atoms with Crippen molar-refractivity contribution in [1.82, 2.24) is 0 Å². The predicted octanol–water partition coefficient (Wildman–Crippen LogP) is 3.69. The van der Waals surface area contributed by atoms with Crippen LogP contribution in [0.25, 0.3) is 11.0 Å². The lowest BCUT2D eigenvalue weighted by atomic mass is 9.67. The van der Waals surface area contributed by atoms with Gasteiger partial charge in [0.15, 0.2) is 0 Å². The van der Waals surface area contributed by atoms with Crippen LogP contribution in [-0.2, 0) is 5.41 Å². The summed E-state index contributed by atoms with van der Waals surface area (Å²) in [6.07, 6.45) is 3.00. The summed E-state index contributed by atoms with van der Waals surface area (Å²) in [5.41, 5.74) is 1.69. The van der Waals surface area contributed by atoms with Crippen LogP contribution in [0.15, 0.2) is 28.7 Å². The summed E-state index contributed by atoms with van der Waals surface area (Å²) in [5, 5.41) is 10.5. The van der Waals surface area contributed by atoms with Crippen LogP contribution in [0.1, 0.15) is 30.6 Å². The normalized spacial score (nSPS) is 18.0. The molecular formula is C14H13NO. The molecule has 1 aliphatic carbocycles. The molecule has 1 fully saturated rings. The second-order valence-electron chi connectivity index (χ2n) is 4.60. The number of para-hydroxylation sites is 1. The van der Waals surface area contributed by atoms with Crippen molar-refractivity contribution < 1.29 is 4.42 Å². The number of aryl methyl sites for hydroxylation is 1. The zero-order valence-corrected chi connectivity index (χ0v) is 9.29. The maximum Gasteiger partial charge on any atom is 0.134 e. The lowest BCUT2D eigenvalue weighted by Gasteiger charge is -2.33. The smallest absolute Gasteiger partial charge is 0.134 e. The van der Waals surface area contributed by atoms with Gasteiger partial charge < -0.3 is 4.42 Å². The maximum absolute atomic E-state index is 9.33. The molecule has 0 spiro atoms. The van der Waals surface area contributed by atoms with E-state index in [1.54, 1.807) is 0 Å². The number of benzene rings is 1. The van der Waals surface area contributed by atoms with E-state index < -0.39 is 0 Å². The van der Waals surface area contributed by atoms with Crippen molar-refractivity contribution in [2.75, 3.05) is 0 Å². The summed E-state index contributed by atoms with van der Waals surface area (Å²) >= 11 is 0. The Morgan fingerprint density at radius 1 is 1.31 bits per heavy atom. The number of hydrogen-bond donors (Lipinski definition) is 0. The highest BCUT2D eigenvalue weighted by Crippen LogP contribution is 2.46. The molecule has 1 aliphatic rings. The van der Waals surface area contributed by atoms with E-state index in [1.807, 2.05) is 18.2 Å². The van der Waals surface area contributed by atoms with Gasteiger partial charge in [-0.15, -0.1) is 0 Å². The van der Waals surface area contributed by atoms with Gasteiger partial charge in [0, 0.05) is 10.9 Å². The predicted molar refractivity (Wildman–Crippen MR) is 62.1 cm³/mol. The van der Waals surface area contributed by atoms with Crippen LogP contribution in [0, 0.1) is 18.3 Å². The molecule has 1 aromatic carbocycles. The van der Waals surface area contributed by atoms with Crippen molar-refractivity contribution in [3.8, 4) is 6.07 Å². The van der Waals surface area contributed by atoms with Crippen LogP contribution >= 0.6 is 0 Å². The van der Waals surface area contributed by atoms with Crippen LogP contribution in [-0.4, -0.2) is 0 Å². The van der Waals surface area contributed by atoms with Crippen molar-refractivity contribution in [3.05, 3.63) is 35.6 Å². The molecule has 1 aromatic heterocycles. The molecule has 0 bridgehead atoms. The summed E-state index contributed by atoms with van der Waals surface area (Å²) in [4.78, 5) is 0. The second kappa shape index (κ2) is 3.12. The Bertz CT molecular complexity index is 584. The molecule has 2 aromatic rings. The number of furan rings is 1. The Hall–Kier alpha value is -1.75. The summed E-state index contributed by atoms with van der Waals surface area (Å²) in [7, 11) is 0. The van der Waals surface area contributed by atoms with Crippen molar-refractivity contribution in [3.63, 3.8) is 0 Å². The average molecular weight is 211 g/mol. The van der Waals surface area contributed by atoms with Gasteiger partial charge in [0.05, 0.1) is 6.07 Å². The molecule has 0 aliphatic heterocycles. The van der Waals surface area contributed by atoms with Gasteiger partial charge in [0.25, 0.3) is 0 Å². The van der Waals surface area contributed by atoms with Gasteiger partial charge in [-0.1, -0.05) is 18.2 Å². The first kappa shape index (κ1) is 9.47. The summed E-state index contributed by atoms with van der Waals surface area (Å²) in [5.74, 6) is 0.891. The first-order valence-corrected chi connectivity index (χ1v) is 5.67. The van der Waals surface area contributed by atoms with E-state index in [0.717, 1.165) is 41.6 Å². The monoisotopic (exact) mass is 211 g/mol. The number of nitriles is 1. The topological polar surface area (TPSA) is 36.9 Å². The third-order valence-electron chi connectivity index (χ3n) is 3.70. The molecule has 2 nitrogen and oxygen atoms in total. The third kappa shape index (κ3) is 1.06. The largest absolute Gasteiger partial charge is 0.459 e. The SMILES string of the molecule is Cc1c(C2(C#N)CCC2)oc2ccccc12. The van der Waals surface area contributed by atoms with Crippen LogP contribution in [0.2, 0.25) is 0 Å². The quantitative estimate of drug-likeness (QED) is 0.721. The van der Waals surface area contributed by atoms with E-state index in [9.17, 15) is 5.26 Å². The van der Waals surface area contributed by atoms with Crippen molar-refractivity contribution in [1.29, 1.82) is 5.26 Å². The molecule has 0 radical (unpaired) electrons. The van der Waals surface area contributed by atoms with Crippen LogP contribution < -0.4 is 0 Å². The fraction of sp³-hybridized carbons (Fsp3) is 0.357. The van der Waals surface area contributed by atoms with Crippen LogP contribution in [0.5, 0.6) is 0 Å². The molecule has 0 atom stereocenters. The molecular weight excluding hydrogens is 198 g/mol. The van der Waals surface area contributed by atoms with E-state index in [4.69, 9.17) is 4.42 Å². The first-order chi connectivity index (χ1) is 7.77. The molecule has 0 unspecified atom stereocenters. The van der Waals surface area contributed by atoms with E-state index >= 15 is 0 Å². The van der Waals surface area contributed by atoms with Gasteiger partial charge in [0.1, 0.15) is 16.8 Å². The second-order valence-corrected chi connectivity index (χ2v) is 4.60. The molecule has 0 saturated heterocycles. The third-order valence-corrected chi connectivity index (χ3v) is 3.70. The lowest BCUT2D eigenvalue weighted by Crippen LogP contribution is -2.32. The minimum Gasteiger partial charge on any atom is -0.459 e. The zero-order valence-electron chi connectivity index (χ0n) is 9.29. The molecule has 3 rings (SSSR count). The van der Waals surface area contributed by atoms with Crippen LogP contribution in [0.3, 0.4) is 0 Å². The number of nitrogens with zero attached hydrogens (tertiary/aromatic N) is 1. The van der Waals surface area contributed by atoms with E-state index in [2.05, 4.69) is 19.1 Å². The van der Waals surface area contributed by atoms with Gasteiger partial charge in [-0.3, -0.25) is 0 Å². The van der Waals surface area contributed by atoms with Crippen molar-refractivity contribution >= 4 is 11.0 Å². The van der Waals surface area contributed by atoms with E-state index in [0.29, 0.717) is 0 Å². The summed E-state index contributed by atoms with van der Waals surface area (Å²) in [6.45, 7) is 2.05. The highest BCUT2D eigenvalue weighted by molar-refractivity contribution is 5.82. The van der Waals surface area contributed by atoms with Crippen molar-refractivity contribution in [2.24, 2.45) is 0 Å². The Morgan fingerprint density at radius 3 is 2.62 bits per heavy atom. The van der Waals surface area contributed by atoms with Gasteiger partial charge in [-0.05, 0) is 32.3 Å². The van der Waals surface area contributed by atoms with Crippen molar-refractivity contribution in [2.45, 2.75) is 31.6 Å². The number of fused-ring (bicyclic) bond motifs is 1.